The van der Waals surface area contributed by atoms with Crippen LogP contribution in [0.2, 0.25) is 0 Å². The summed E-state index contributed by atoms with van der Waals surface area (Å²) in [5.41, 5.74) is 8.97. The molecule has 4 heteroatoms. The molecule has 0 atom stereocenters. The second-order valence-electron chi connectivity index (χ2n) is 9.22. The van der Waals surface area contributed by atoms with Gasteiger partial charge in [-0.25, -0.2) is 9.97 Å². The number of benzene rings is 5. The summed E-state index contributed by atoms with van der Waals surface area (Å²) in [5, 5.41) is 2.26. The zero-order valence-corrected chi connectivity index (χ0v) is 21.9. The lowest BCUT2D eigenvalue weighted by Gasteiger charge is -2.10. The highest BCUT2D eigenvalue weighted by molar-refractivity contribution is 9.10. The van der Waals surface area contributed by atoms with Gasteiger partial charge in [0.2, 0.25) is 0 Å². The van der Waals surface area contributed by atoms with Crippen molar-refractivity contribution in [1.29, 1.82) is 0 Å². The van der Waals surface area contributed by atoms with Gasteiger partial charge in [0, 0.05) is 31.9 Å². The first kappa shape index (κ1) is 22.6. The number of rotatable bonds is 4. The molecule has 0 saturated heterocycles. The van der Waals surface area contributed by atoms with Crippen LogP contribution in [0.5, 0.6) is 0 Å². The Morgan fingerprint density at radius 2 is 1.03 bits per heavy atom. The second kappa shape index (κ2) is 9.40. The zero-order chi connectivity index (χ0) is 25.5. The third-order valence-electron chi connectivity index (χ3n) is 6.79. The minimum atomic E-state index is 0.711. The Morgan fingerprint density at radius 3 is 1.76 bits per heavy atom. The molecule has 0 aliphatic heterocycles. The van der Waals surface area contributed by atoms with Crippen LogP contribution < -0.4 is 0 Å². The minimum absolute atomic E-state index is 0.711. The molecule has 0 fully saturated rings. The van der Waals surface area contributed by atoms with Gasteiger partial charge in [-0.3, -0.25) is 0 Å². The van der Waals surface area contributed by atoms with Crippen molar-refractivity contribution in [1.82, 2.24) is 9.97 Å². The molecule has 2 heterocycles. The van der Waals surface area contributed by atoms with E-state index in [9.17, 15) is 0 Å². The smallest absolute Gasteiger partial charge is 0.160 e. The van der Waals surface area contributed by atoms with Crippen molar-refractivity contribution >= 4 is 37.9 Å². The Morgan fingerprint density at radius 1 is 0.447 bits per heavy atom. The molecule has 0 aliphatic rings. The van der Waals surface area contributed by atoms with Crippen LogP contribution in [-0.4, -0.2) is 9.97 Å². The highest BCUT2D eigenvalue weighted by Crippen LogP contribution is 2.34. The third-order valence-corrected chi connectivity index (χ3v) is 7.32. The van der Waals surface area contributed by atoms with Gasteiger partial charge in [-0.1, -0.05) is 107 Å². The maximum atomic E-state index is 6.01. The first-order valence-corrected chi connectivity index (χ1v) is 13.2. The van der Waals surface area contributed by atoms with Gasteiger partial charge in [0.1, 0.15) is 11.2 Å². The average molecular weight is 553 g/mol. The first-order chi connectivity index (χ1) is 18.7. The van der Waals surface area contributed by atoms with Crippen molar-refractivity contribution in [3.63, 3.8) is 0 Å². The Hall–Kier alpha value is -4.54. The molecule has 2 aromatic heterocycles. The van der Waals surface area contributed by atoms with Gasteiger partial charge < -0.3 is 4.42 Å². The number of nitrogens with zero attached hydrogens (tertiary/aromatic N) is 2. The molecule has 7 rings (SSSR count). The van der Waals surface area contributed by atoms with Crippen molar-refractivity contribution in [2.75, 3.05) is 0 Å². The van der Waals surface area contributed by atoms with E-state index in [4.69, 9.17) is 14.4 Å². The molecule has 180 valence electrons. The van der Waals surface area contributed by atoms with Gasteiger partial charge in [-0.2, -0.15) is 0 Å². The molecule has 0 spiro atoms. The third kappa shape index (κ3) is 4.19. The molecular formula is C34H21BrN2O. The predicted octanol–water partition coefficient (Wildman–Crippen LogP) is 9.81. The Balaban J connectivity index is 1.30. The maximum absolute atomic E-state index is 6.01. The van der Waals surface area contributed by atoms with Gasteiger partial charge in [-0.05, 0) is 47.5 Å². The molecule has 0 N–H and O–H groups in total. The SMILES string of the molecule is Brc1ccc(-c2cc(-c3ccc(-c4ccc5oc6ccccc6c5c4)cc3)nc(-c3ccccc3)n2)cc1. The molecule has 0 bridgehead atoms. The normalized spacial score (nSPS) is 11.3. The molecule has 0 aliphatic carbocycles. The van der Waals surface area contributed by atoms with E-state index in [2.05, 4.69) is 82.7 Å². The van der Waals surface area contributed by atoms with Crippen LogP contribution in [-0.2, 0) is 0 Å². The molecule has 0 radical (unpaired) electrons. The van der Waals surface area contributed by atoms with Crippen LogP contribution >= 0.6 is 15.9 Å². The van der Waals surface area contributed by atoms with Gasteiger partial charge >= 0.3 is 0 Å². The van der Waals surface area contributed by atoms with E-state index in [1.165, 1.54) is 0 Å². The standard InChI is InChI=1S/C34H21BrN2O/c35-27-17-14-24(15-18-27)31-21-30(36-34(37-31)25-6-2-1-3-7-25)23-12-10-22(11-13-23)26-16-19-33-29(20-26)28-8-4-5-9-32(28)38-33/h1-21H. The van der Waals surface area contributed by atoms with E-state index < -0.39 is 0 Å². The lowest BCUT2D eigenvalue weighted by Crippen LogP contribution is -1.95. The number of halogens is 1. The summed E-state index contributed by atoms with van der Waals surface area (Å²) in [6.45, 7) is 0. The van der Waals surface area contributed by atoms with E-state index in [1.54, 1.807) is 0 Å². The Bertz CT molecular complexity index is 1910. The fourth-order valence-corrected chi connectivity index (χ4v) is 5.08. The Labute approximate surface area is 228 Å². The maximum Gasteiger partial charge on any atom is 0.160 e. The summed E-state index contributed by atoms with van der Waals surface area (Å²) in [6, 6.07) is 43.5. The molecule has 7 aromatic rings. The van der Waals surface area contributed by atoms with Crippen LogP contribution in [0.3, 0.4) is 0 Å². The van der Waals surface area contributed by atoms with Gasteiger partial charge in [0.05, 0.1) is 11.4 Å². The van der Waals surface area contributed by atoms with E-state index >= 15 is 0 Å². The summed E-state index contributed by atoms with van der Waals surface area (Å²) in [5.74, 6) is 0.711. The van der Waals surface area contributed by atoms with Crippen molar-refractivity contribution in [2.45, 2.75) is 0 Å². The fourth-order valence-electron chi connectivity index (χ4n) is 4.82. The average Bonchev–Trinajstić information content (AvgIpc) is 3.36. The topological polar surface area (TPSA) is 38.9 Å². The molecule has 3 nitrogen and oxygen atoms in total. The summed E-state index contributed by atoms with van der Waals surface area (Å²) in [6.07, 6.45) is 0. The van der Waals surface area contributed by atoms with Crippen molar-refractivity contribution in [3.05, 3.63) is 132 Å². The number of hydrogen-bond donors (Lipinski definition) is 0. The molecule has 38 heavy (non-hydrogen) atoms. The van der Waals surface area contributed by atoms with E-state index in [1.807, 2.05) is 60.7 Å². The lowest BCUT2D eigenvalue weighted by molar-refractivity contribution is 0.669. The second-order valence-corrected chi connectivity index (χ2v) is 10.1. The van der Waals surface area contributed by atoms with Crippen molar-refractivity contribution in [2.24, 2.45) is 0 Å². The summed E-state index contributed by atoms with van der Waals surface area (Å²) in [4.78, 5) is 9.86. The number of aromatic nitrogens is 2. The van der Waals surface area contributed by atoms with Crippen LogP contribution in [0.1, 0.15) is 0 Å². The van der Waals surface area contributed by atoms with Gasteiger partial charge in [-0.15, -0.1) is 0 Å². The highest BCUT2D eigenvalue weighted by Gasteiger charge is 2.12. The van der Waals surface area contributed by atoms with E-state index in [-0.39, 0.29) is 0 Å². The summed E-state index contributed by atoms with van der Waals surface area (Å²) in [7, 11) is 0. The predicted molar refractivity (Wildman–Crippen MR) is 159 cm³/mol. The monoisotopic (exact) mass is 552 g/mol. The Kier molecular flexibility index (Phi) is 5.60. The summed E-state index contributed by atoms with van der Waals surface area (Å²) >= 11 is 3.53. The van der Waals surface area contributed by atoms with Gasteiger partial charge in [0.15, 0.2) is 5.82 Å². The van der Waals surface area contributed by atoms with Crippen LogP contribution in [0, 0.1) is 0 Å². The number of furan rings is 1. The number of para-hydroxylation sites is 1. The van der Waals surface area contributed by atoms with Crippen LogP contribution in [0.4, 0.5) is 0 Å². The van der Waals surface area contributed by atoms with Crippen LogP contribution in [0.15, 0.2) is 136 Å². The highest BCUT2D eigenvalue weighted by atomic mass is 79.9. The summed E-state index contributed by atoms with van der Waals surface area (Å²) < 4.78 is 7.04. The van der Waals surface area contributed by atoms with E-state index in [0.717, 1.165) is 65.6 Å². The number of fused-ring (bicyclic) bond motifs is 3. The molecular weight excluding hydrogens is 532 g/mol. The van der Waals surface area contributed by atoms with Gasteiger partial charge in [0.25, 0.3) is 0 Å². The molecule has 0 amide bonds. The quantitative estimate of drug-likeness (QED) is 0.218. The van der Waals surface area contributed by atoms with Crippen molar-refractivity contribution < 1.29 is 4.42 Å². The first-order valence-electron chi connectivity index (χ1n) is 12.4. The lowest BCUT2D eigenvalue weighted by atomic mass is 10.00. The van der Waals surface area contributed by atoms with E-state index in [0.29, 0.717) is 5.82 Å². The largest absolute Gasteiger partial charge is 0.456 e. The zero-order valence-electron chi connectivity index (χ0n) is 20.3. The molecule has 0 saturated carbocycles. The minimum Gasteiger partial charge on any atom is -0.456 e. The molecule has 5 aromatic carbocycles. The van der Waals surface area contributed by atoms with Crippen LogP contribution in [0.25, 0.3) is 67.0 Å². The fraction of sp³-hybridized carbons (Fsp3) is 0. The number of hydrogen-bond acceptors (Lipinski definition) is 3. The molecule has 0 unspecified atom stereocenters. The van der Waals surface area contributed by atoms with Crippen molar-refractivity contribution in [3.8, 4) is 45.0 Å².